The van der Waals surface area contributed by atoms with E-state index in [1.165, 1.54) is 32.1 Å². The fraction of sp³-hybridized carbons (Fsp3) is 1.00. The maximum absolute atomic E-state index is 2.39. The molecule has 72 valence electrons. The van der Waals surface area contributed by atoms with Crippen LogP contribution in [0.15, 0.2) is 0 Å². The van der Waals surface area contributed by atoms with Gasteiger partial charge in [0.1, 0.15) is 0 Å². The Labute approximate surface area is 93.1 Å². The summed E-state index contributed by atoms with van der Waals surface area (Å²) in [5.74, 6) is 1.04. The van der Waals surface area contributed by atoms with E-state index in [0.717, 1.165) is 33.5 Å². The molecule has 1 unspecified atom stereocenters. The van der Waals surface area contributed by atoms with Crippen molar-refractivity contribution in [1.82, 2.24) is 0 Å². The first-order valence-electron chi connectivity index (χ1n) is 5.64. The molecule has 0 aliphatic heterocycles. The molecule has 0 saturated carbocycles. The summed E-state index contributed by atoms with van der Waals surface area (Å²) in [5, 5.41) is 0. The average molecular weight is 272 g/mol. The van der Waals surface area contributed by atoms with Gasteiger partial charge in [-0.1, -0.05) is 0 Å². The number of hydrogen-bond donors (Lipinski definition) is 0. The minimum absolute atomic E-state index is 0.812. The third kappa shape index (κ3) is 3.32. The standard InChI is InChI=1S/C11H23.In.2H/c1-5-9-11(8-4)10(6-2)7-3;;;/h11H,5-9H2,1-4H3;;;. The molecule has 0 radical (unpaired) electrons. The van der Waals surface area contributed by atoms with E-state index in [1.807, 2.05) is 0 Å². The van der Waals surface area contributed by atoms with Gasteiger partial charge in [0.2, 0.25) is 0 Å². The first kappa shape index (κ1) is 12.9. The Morgan fingerprint density at radius 2 is 1.58 bits per heavy atom. The summed E-state index contributed by atoms with van der Waals surface area (Å²) in [4.78, 5) is 0. The summed E-state index contributed by atoms with van der Waals surface area (Å²) in [5.41, 5.74) is 0. The van der Waals surface area contributed by atoms with Crippen molar-refractivity contribution in [2.75, 3.05) is 0 Å². The molecule has 1 heteroatoms. The molecule has 0 saturated heterocycles. The van der Waals surface area contributed by atoms with Crippen molar-refractivity contribution >= 4 is 24.4 Å². The molecule has 12 heavy (non-hydrogen) atoms. The molecule has 0 N–H and O–H groups in total. The van der Waals surface area contributed by atoms with Crippen LogP contribution < -0.4 is 0 Å². The van der Waals surface area contributed by atoms with Gasteiger partial charge < -0.3 is 0 Å². The minimum atomic E-state index is 0.812. The summed E-state index contributed by atoms with van der Waals surface area (Å²) in [6, 6.07) is 0. The van der Waals surface area contributed by atoms with Crippen LogP contribution in [0.2, 0.25) is 3.17 Å². The van der Waals surface area contributed by atoms with Crippen molar-refractivity contribution in [2.45, 2.75) is 63.0 Å². The quantitative estimate of drug-likeness (QED) is 0.695. The van der Waals surface area contributed by atoms with E-state index >= 15 is 0 Å². The summed E-state index contributed by atoms with van der Waals surface area (Å²) in [7, 11) is 0. The Hall–Kier alpha value is 0.870. The molecule has 1 atom stereocenters. The molecule has 0 fully saturated rings. The molecule has 0 aliphatic carbocycles. The zero-order chi connectivity index (χ0) is 9.61. The molecule has 0 rings (SSSR count). The van der Waals surface area contributed by atoms with Gasteiger partial charge in [0, 0.05) is 0 Å². The zero-order valence-electron chi connectivity index (χ0n) is 9.61. The molecule has 0 nitrogen and oxygen atoms in total. The third-order valence-electron chi connectivity index (χ3n) is 3.73. The molecular weight excluding hydrogens is 247 g/mol. The van der Waals surface area contributed by atoms with Crippen LogP contribution in [-0.4, -0.2) is 24.4 Å². The van der Waals surface area contributed by atoms with Gasteiger partial charge in [-0.05, 0) is 0 Å². The van der Waals surface area contributed by atoms with Gasteiger partial charge in [0.05, 0.1) is 0 Å². The van der Waals surface area contributed by atoms with Crippen LogP contribution >= 0.6 is 0 Å². The van der Waals surface area contributed by atoms with Crippen LogP contribution in [0, 0.1) is 5.92 Å². The second-order valence-electron chi connectivity index (χ2n) is 4.25. The van der Waals surface area contributed by atoms with Crippen LogP contribution in [0.1, 0.15) is 59.8 Å². The van der Waals surface area contributed by atoms with Crippen molar-refractivity contribution in [1.29, 1.82) is 0 Å². The van der Waals surface area contributed by atoms with Gasteiger partial charge in [-0.15, -0.1) is 0 Å². The van der Waals surface area contributed by atoms with Crippen LogP contribution in [0.5, 0.6) is 0 Å². The molecule has 0 spiro atoms. The van der Waals surface area contributed by atoms with Crippen LogP contribution in [0.25, 0.3) is 0 Å². The first-order chi connectivity index (χ1) is 5.64. The first-order valence-corrected chi connectivity index (χ1v) is 8.49. The number of rotatable bonds is 6. The summed E-state index contributed by atoms with van der Waals surface area (Å²) in [6.45, 7) is 9.47. The van der Waals surface area contributed by atoms with Gasteiger partial charge >= 0.3 is 93.3 Å². The predicted octanol–water partition coefficient (Wildman–Crippen LogP) is 3.42. The van der Waals surface area contributed by atoms with Gasteiger partial charge in [0.15, 0.2) is 0 Å². The van der Waals surface area contributed by atoms with Gasteiger partial charge in [-0.3, -0.25) is 0 Å². The monoisotopic (exact) mass is 272 g/mol. The number of hydrogen-bond acceptors (Lipinski definition) is 0. The SMILES string of the molecule is CCCC(CC)[C]([InH2])(CC)CC. The molecular formula is C11H25In. The second kappa shape index (κ2) is 6.34. The normalized spacial score (nSPS) is 14.7. The Kier molecular flexibility index (Phi) is 6.80. The van der Waals surface area contributed by atoms with E-state index in [2.05, 4.69) is 27.7 Å². The van der Waals surface area contributed by atoms with E-state index in [4.69, 9.17) is 0 Å². The molecule has 0 aromatic heterocycles. The Morgan fingerprint density at radius 3 is 1.83 bits per heavy atom. The van der Waals surface area contributed by atoms with E-state index in [0.29, 0.717) is 0 Å². The fourth-order valence-electron chi connectivity index (χ4n) is 2.22. The topological polar surface area (TPSA) is 0 Å². The summed E-state index contributed by atoms with van der Waals surface area (Å²) >= 11 is 0.825. The van der Waals surface area contributed by atoms with Crippen molar-refractivity contribution < 1.29 is 0 Å². The molecule has 0 aromatic rings. The molecule has 0 heterocycles. The van der Waals surface area contributed by atoms with Crippen LogP contribution in [0.3, 0.4) is 0 Å². The van der Waals surface area contributed by atoms with Gasteiger partial charge in [-0.2, -0.15) is 0 Å². The zero-order valence-corrected chi connectivity index (χ0v) is 15.3. The van der Waals surface area contributed by atoms with Crippen molar-refractivity contribution in [2.24, 2.45) is 5.92 Å². The third-order valence-corrected chi connectivity index (χ3v) is 10.1. The van der Waals surface area contributed by atoms with E-state index in [1.54, 1.807) is 0 Å². The molecule has 0 aliphatic rings. The van der Waals surface area contributed by atoms with E-state index in [9.17, 15) is 0 Å². The summed E-state index contributed by atoms with van der Waals surface area (Å²) < 4.78 is 0.812. The summed E-state index contributed by atoms with van der Waals surface area (Å²) in [6.07, 6.45) is 7.10. The van der Waals surface area contributed by atoms with E-state index in [-0.39, 0.29) is 0 Å². The average Bonchev–Trinajstić information content (AvgIpc) is 2.13. The molecule has 0 aromatic carbocycles. The second-order valence-corrected chi connectivity index (χ2v) is 9.94. The van der Waals surface area contributed by atoms with Crippen LogP contribution in [0.4, 0.5) is 0 Å². The Balaban J connectivity index is 4.21. The van der Waals surface area contributed by atoms with Crippen molar-refractivity contribution in [3.05, 3.63) is 0 Å². The van der Waals surface area contributed by atoms with Crippen molar-refractivity contribution in [3.8, 4) is 0 Å². The molecule has 0 amide bonds. The maximum atomic E-state index is 2.39. The Morgan fingerprint density at radius 1 is 1.08 bits per heavy atom. The van der Waals surface area contributed by atoms with Crippen LogP contribution in [-0.2, 0) is 0 Å². The van der Waals surface area contributed by atoms with Gasteiger partial charge in [0.25, 0.3) is 0 Å². The molecule has 0 bridgehead atoms. The fourth-order valence-corrected chi connectivity index (χ4v) is 4.21. The van der Waals surface area contributed by atoms with E-state index < -0.39 is 0 Å². The van der Waals surface area contributed by atoms with Crippen molar-refractivity contribution in [3.63, 3.8) is 0 Å². The predicted molar refractivity (Wildman–Crippen MR) is 60.5 cm³/mol. The Bertz CT molecular complexity index is 106. The van der Waals surface area contributed by atoms with Gasteiger partial charge in [-0.25, -0.2) is 0 Å².